The molecule has 6 heteroatoms. The summed E-state index contributed by atoms with van der Waals surface area (Å²) < 4.78 is 17.8. The van der Waals surface area contributed by atoms with Crippen LogP contribution >= 0.6 is 11.3 Å². The zero-order chi connectivity index (χ0) is 20.2. The maximum Gasteiger partial charge on any atom is 0.339 e. The molecule has 0 fully saturated rings. The molecule has 5 nitrogen and oxygen atoms in total. The fraction of sp³-hybridized carbons (Fsp3) is 0.0833. The van der Waals surface area contributed by atoms with Crippen molar-refractivity contribution in [2.24, 2.45) is 0 Å². The third-order valence-electron chi connectivity index (χ3n) is 5.35. The fourth-order valence-electron chi connectivity index (χ4n) is 3.90. The number of aromatic nitrogens is 1. The highest BCUT2D eigenvalue weighted by molar-refractivity contribution is 7.21. The van der Waals surface area contributed by atoms with Crippen LogP contribution < -0.4 is 15.1 Å². The molecule has 0 saturated carbocycles. The number of ether oxygens (including phenoxy) is 2. The van der Waals surface area contributed by atoms with Crippen LogP contribution in [0.2, 0.25) is 0 Å². The Bertz CT molecular complexity index is 1480. The molecule has 3 heterocycles. The van der Waals surface area contributed by atoms with Gasteiger partial charge in [0.15, 0.2) is 11.5 Å². The third-order valence-corrected chi connectivity index (χ3v) is 6.42. The molecule has 1 aliphatic heterocycles. The Hall–Kier alpha value is -3.64. The SMILES string of the molecule is Cc1c(-c2ccc3c(c2)OCO3)c2cccc(-c3nc4ccccc4s3)c2oc1=O. The Balaban J connectivity index is 1.64. The Morgan fingerprint density at radius 2 is 1.83 bits per heavy atom. The maximum absolute atomic E-state index is 12.8. The summed E-state index contributed by atoms with van der Waals surface area (Å²) in [6, 6.07) is 19.6. The van der Waals surface area contributed by atoms with Gasteiger partial charge in [0, 0.05) is 16.5 Å². The number of rotatable bonds is 2. The monoisotopic (exact) mass is 413 g/mol. The van der Waals surface area contributed by atoms with Gasteiger partial charge in [0.25, 0.3) is 0 Å². The van der Waals surface area contributed by atoms with Crippen LogP contribution in [0.1, 0.15) is 5.56 Å². The number of thiazole rings is 1. The lowest BCUT2D eigenvalue weighted by Gasteiger charge is -2.11. The van der Waals surface area contributed by atoms with E-state index < -0.39 is 0 Å². The summed E-state index contributed by atoms with van der Waals surface area (Å²) in [6.07, 6.45) is 0. The maximum atomic E-state index is 12.8. The number of benzene rings is 3. The van der Waals surface area contributed by atoms with Crippen LogP contribution in [0, 0.1) is 6.92 Å². The Morgan fingerprint density at radius 1 is 0.967 bits per heavy atom. The highest BCUT2D eigenvalue weighted by Crippen LogP contribution is 2.41. The van der Waals surface area contributed by atoms with E-state index in [4.69, 9.17) is 18.9 Å². The Kier molecular flexibility index (Phi) is 3.70. The molecule has 0 unspecified atom stereocenters. The summed E-state index contributed by atoms with van der Waals surface area (Å²) in [4.78, 5) is 17.5. The predicted molar refractivity (Wildman–Crippen MR) is 117 cm³/mol. The predicted octanol–water partition coefficient (Wildman–Crippen LogP) is 5.77. The molecule has 0 amide bonds. The molecule has 6 rings (SSSR count). The molecule has 146 valence electrons. The van der Waals surface area contributed by atoms with Gasteiger partial charge in [-0.3, -0.25) is 0 Å². The molecule has 0 N–H and O–H groups in total. The molecule has 0 bridgehead atoms. The van der Waals surface area contributed by atoms with Gasteiger partial charge in [-0.25, -0.2) is 9.78 Å². The number of nitrogens with zero attached hydrogens (tertiary/aromatic N) is 1. The zero-order valence-corrected chi connectivity index (χ0v) is 16.8. The average Bonchev–Trinajstić information content (AvgIpc) is 3.40. The molecule has 30 heavy (non-hydrogen) atoms. The Labute approximate surface area is 175 Å². The van der Waals surface area contributed by atoms with E-state index in [2.05, 4.69) is 0 Å². The van der Waals surface area contributed by atoms with Gasteiger partial charge in [0.2, 0.25) is 6.79 Å². The first-order chi connectivity index (χ1) is 14.7. The van der Waals surface area contributed by atoms with Crippen molar-refractivity contribution in [3.63, 3.8) is 0 Å². The smallest absolute Gasteiger partial charge is 0.339 e. The topological polar surface area (TPSA) is 61.6 Å². The van der Waals surface area contributed by atoms with Gasteiger partial charge in [0.1, 0.15) is 10.6 Å². The van der Waals surface area contributed by atoms with Crippen LogP contribution in [0.5, 0.6) is 11.5 Å². The molecular formula is C24H15NO4S. The van der Waals surface area contributed by atoms with Crippen molar-refractivity contribution >= 4 is 32.5 Å². The first kappa shape index (κ1) is 17.2. The molecule has 0 radical (unpaired) electrons. The Morgan fingerprint density at radius 3 is 2.73 bits per heavy atom. The van der Waals surface area contributed by atoms with E-state index in [1.807, 2.05) is 60.7 Å². The summed E-state index contributed by atoms with van der Waals surface area (Å²) in [7, 11) is 0. The largest absolute Gasteiger partial charge is 0.454 e. The normalized spacial score (nSPS) is 12.7. The highest BCUT2D eigenvalue weighted by atomic mass is 32.1. The van der Waals surface area contributed by atoms with E-state index in [1.165, 1.54) is 0 Å². The van der Waals surface area contributed by atoms with Crippen molar-refractivity contribution in [2.75, 3.05) is 6.79 Å². The van der Waals surface area contributed by atoms with Crippen molar-refractivity contribution in [1.29, 1.82) is 0 Å². The second-order valence-corrected chi connectivity index (χ2v) is 8.16. The molecule has 2 aromatic heterocycles. The van der Waals surface area contributed by atoms with Crippen LogP contribution in [-0.4, -0.2) is 11.8 Å². The van der Waals surface area contributed by atoms with Crippen molar-refractivity contribution in [3.8, 4) is 33.2 Å². The minimum atomic E-state index is -0.358. The molecule has 5 aromatic rings. The zero-order valence-electron chi connectivity index (χ0n) is 16.0. The lowest BCUT2D eigenvalue weighted by molar-refractivity contribution is 0.174. The first-order valence-corrected chi connectivity index (χ1v) is 10.3. The summed E-state index contributed by atoms with van der Waals surface area (Å²) in [6.45, 7) is 1.99. The fourth-order valence-corrected chi connectivity index (χ4v) is 4.88. The molecular weight excluding hydrogens is 398 g/mol. The summed E-state index contributed by atoms with van der Waals surface area (Å²) in [5, 5.41) is 1.69. The van der Waals surface area contributed by atoms with Crippen molar-refractivity contribution in [2.45, 2.75) is 6.92 Å². The molecule has 0 saturated heterocycles. The number of para-hydroxylation sites is 2. The average molecular weight is 413 g/mol. The van der Waals surface area contributed by atoms with Crippen molar-refractivity contribution in [1.82, 2.24) is 4.98 Å². The van der Waals surface area contributed by atoms with Crippen LogP contribution in [-0.2, 0) is 0 Å². The van der Waals surface area contributed by atoms with E-state index in [0.717, 1.165) is 37.3 Å². The lowest BCUT2D eigenvalue weighted by Crippen LogP contribution is -2.06. The number of fused-ring (bicyclic) bond motifs is 3. The van der Waals surface area contributed by atoms with Gasteiger partial charge in [-0.2, -0.15) is 0 Å². The van der Waals surface area contributed by atoms with Crippen LogP contribution in [0.25, 0.3) is 42.9 Å². The number of hydrogen-bond donors (Lipinski definition) is 0. The standard InChI is InChI=1S/C24H15NO4S/c1-13-21(14-9-10-18-19(11-14)28-12-27-18)15-5-4-6-16(22(15)29-24(13)26)23-25-17-7-2-3-8-20(17)30-23/h2-11H,12H2,1H3. The molecule has 0 aliphatic carbocycles. The van der Waals surface area contributed by atoms with Gasteiger partial charge >= 0.3 is 5.63 Å². The van der Waals surface area contributed by atoms with Crippen LogP contribution in [0.15, 0.2) is 69.9 Å². The van der Waals surface area contributed by atoms with Gasteiger partial charge in [-0.1, -0.05) is 30.3 Å². The summed E-state index contributed by atoms with van der Waals surface area (Å²) in [5.74, 6) is 1.38. The van der Waals surface area contributed by atoms with Crippen molar-refractivity contribution in [3.05, 3.63) is 76.6 Å². The molecule has 0 spiro atoms. The third kappa shape index (κ3) is 2.54. The van der Waals surface area contributed by atoms with Crippen LogP contribution in [0.3, 0.4) is 0 Å². The van der Waals surface area contributed by atoms with E-state index in [0.29, 0.717) is 22.6 Å². The minimum absolute atomic E-state index is 0.206. The highest BCUT2D eigenvalue weighted by Gasteiger charge is 2.20. The van der Waals surface area contributed by atoms with E-state index in [9.17, 15) is 4.79 Å². The quantitative estimate of drug-likeness (QED) is 0.344. The lowest BCUT2D eigenvalue weighted by atomic mass is 9.96. The van der Waals surface area contributed by atoms with Gasteiger partial charge in [-0.05, 0) is 42.8 Å². The summed E-state index contributed by atoms with van der Waals surface area (Å²) in [5.41, 5.74) is 4.21. The van der Waals surface area contributed by atoms with E-state index >= 15 is 0 Å². The molecule has 1 aliphatic rings. The minimum Gasteiger partial charge on any atom is -0.454 e. The van der Waals surface area contributed by atoms with Crippen molar-refractivity contribution < 1.29 is 13.9 Å². The first-order valence-electron chi connectivity index (χ1n) is 9.51. The summed E-state index contributed by atoms with van der Waals surface area (Å²) >= 11 is 1.58. The van der Waals surface area contributed by atoms with Gasteiger partial charge < -0.3 is 13.9 Å². The number of hydrogen-bond acceptors (Lipinski definition) is 6. The molecule has 3 aromatic carbocycles. The molecule has 0 atom stereocenters. The van der Waals surface area contributed by atoms with E-state index in [-0.39, 0.29) is 12.4 Å². The van der Waals surface area contributed by atoms with Gasteiger partial charge in [-0.15, -0.1) is 11.3 Å². The second kappa shape index (κ2) is 6.43. The van der Waals surface area contributed by atoms with E-state index in [1.54, 1.807) is 18.3 Å². The second-order valence-electron chi connectivity index (χ2n) is 7.13. The van der Waals surface area contributed by atoms with Crippen LogP contribution in [0.4, 0.5) is 0 Å². The van der Waals surface area contributed by atoms with Gasteiger partial charge in [0.05, 0.1) is 15.8 Å².